The monoisotopic (exact) mass is 314 g/mol. The van der Waals surface area contributed by atoms with E-state index in [0.717, 1.165) is 18.2 Å². The number of anilines is 2. The van der Waals surface area contributed by atoms with Gasteiger partial charge >= 0.3 is 6.18 Å². The number of nitrogens with zero attached hydrogens (tertiary/aromatic N) is 1. The Morgan fingerprint density at radius 2 is 1.71 bits per heavy atom. The number of alkyl halides is 3. The van der Waals surface area contributed by atoms with Crippen molar-refractivity contribution in [3.05, 3.63) is 58.4 Å². The van der Waals surface area contributed by atoms with Crippen LogP contribution in [0.3, 0.4) is 0 Å². The number of halogens is 5. The molecule has 0 spiro atoms. The fourth-order valence-electron chi connectivity index (χ4n) is 1.69. The molecule has 0 atom stereocenters. The van der Waals surface area contributed by atoms with Gasteiger partial charge in [0.25, 0.3) is 0 Å². The SMILES string of the molecule is N#Cc1ccc(Nc2ccc(Cl)cc2C(F)(F)F)c(F)c1. The average Bonchev–Trinajstić information content (AvgIpc) is 2.41. The number of hydrogen-bond acceptors (Lipinski definition) is 2. The van der Waals surface area contributed by atoms with Crippen LogP contribution in [0.4, 0.5) is 28.9 Å². The Morgan fingerprint density at radius 3 is 2.29 bits per heavy atom. The van der Waals surface area contributed by atoms with Crippen LogP contribution in [-0.2, 0) is 6.18 Å². The molecule has 108 valence electrons. The molecule has 2 aromatic carbocycles. The van der Waals surface area contributed by atoms with E-state index in [4.69, 9.17) is 16.9 Å². The fourth-order valence-corrected chi connectivity index (χ4v) is 1.86. The zero-order chi connectivity index (χ0) is 15.6. The third-order valence-electron chi connectivity index (χ3n) is 2.65. The Hall–Kier alpha value is -2.26. The van der Waals surface area contributed by atoms with Crippen LogP contribution < -0.4 is 5.32 Å². The van der Waals surface area contributed by atoms with E-state index in [9.17, 15) is 17.6 Å². The number of nitriles is 1. The second kappa shape index (κ2) is 5.62. The molecule has 0 radical (unpaired) electrons. The predicted molar refractivity (Wildman–Crippen MR) is 70.9 cm³/mol. The van der Waals surface area contributed by atoms with Gasteiger partial charge in [0.15, 0.2) is 0 Å². The van der Waals surface area contributed by atoms with E-state index >= 15 is 0 Å². The summed E-state index contributed by atoms with van der Waals surface area (Å²) in [5.41, 5.74) is -1.42. The molecule has 0 aromatic heterocycles. The summed E-state index contributed by atoms with van der Waals surface area (Å²) >= 11 is 5.56. The molecule has 21 heavy (non-hydrogen) atoms. The van der Waals surface area contributed by atoms with Crippen molar-refractivity contribution in [1.29, 1.82) is 5.26 Å². The smallest absolute Gasteiger partial charge is 0.353 e. The van der Waals surface area contributed by atoms with Crippen LogP contribution in [0.2, 0.25) is 5.02 Å². The van der Waals surface area contributed by atoms with Crippen LogP contribution in [0.25, 0.3) is 0 Å². The highest BCUT2D eigenvalue weighted by molar-refractivity contribution is 6.30. The minimum atomic E-state index is -4.63. The van der Waals surface area contributed by atoms with Gasteiger partial charge in [-0.25, -0.2) is 4.39 Å². The number of nitrogens with one attached hydrogen (secondary N) is 1. The van der Waals surface area contributed by atoms with Crippen molar-refractivity contribution in [3.8, 4) is 6.07 Å². The first-order valence-electron chi connectivity index (χ1n) is 5.64. The molecule has 0 fully saturated rings. The molecule has 0 aliphatic rings. The van der Waals surface area contributed by atoms with E-state index in [1.54, 1.807) is 6.07 Å². The lowest BCUT2D eigenvalue weighted by Crippen LogP contribution is -2.09. The molecule has 1 N–H and O–H groups in total. The van der Waals surface area contributed by atoms with Gasteiger partial charge in [-0.2, -0.15) is 18.4 Å². The van der Waals surface area contributed by atoms with Crippen LogP contribution in [0.5, 0.6) is 0 Å². The van der Waals surface area contributed by atoms with Gasteiger partial charge in [-0.05, 0) is 36.4 Å². The number of benzene rings is 2. The summed E-state index contributed by atoms with van der Waals surface area (Å²) < 4.78 is 52.5. The largest absolute Gasteiger partial charge is 0.418 e. The summed E-state index contributed by atoms with van der Waals surface area (Å²) in [5.74, 6) is -0.822. The van der Waals surface area contributed by atoms with Crippen LogP contribution in [0.1, 0.15) is 11.1 Å². The Balaban J connectivity index is 2.43. The number of rotatable bonds is 2. The molecule has 2 nitrogen and oxygen atoms in total. The molecular formula is C14H7ClF4N2. The van der Waals surface area contributed by atoms with Crippen LogP contribution in [0.15, 0.2) is 36.4 Å². The molecule has 0 amide bonds. The van der Waals surface area contributed by atoms with E-state index in [1.165, 1.54) is 18.2 Å². The van der Waals surface area contributed by atoms with Gasteiger partial charge in [-0.3, -0.25) is 0 Å². The predicted octanol–water partition coefficient (Wildman–Crippen LogP) is 5.11. The summed E-state index contributed by atoms with van der Waals surface area (Å²) in [4.78, 5) is 0. The molecule has 0 aliphatic heterocycles. The molecule has 0 unspecified atom stereocenters. The van der Waals surface area contributed by atoms with Gasteiger partial charge in [0.05, 0.1) is 28.6 Å². The van der Waals surface area contributed by atoms with Crippen molar-refractivity contribution in [1.82, 2.24) is 0 Å². The maximum atomic E-state index is 13.7. The highest BCUT2D eigenvalue weighted by Gasteiger charge is 2.34. The molecule has 0 heterocycles. The first-order chi connectivity index (χ1) is 9.81. The standard InChI is InChI=1S/C14H7ClF4N2/c15-9-2-4-12(10(6-9)14(17,18)19)21-13-3-1-8(7-20)5-11(13)16/h1-6,21H. The summed E-state index contributed by atoms with van der Waals surface area (Å²) in [7, 11) is 0. The van der Waals surface area contributed by atoms with E-state index in [-0.39, 0.29) is 22.0 Å². The highest BCUT2D eigenvalue weighted by Crippen LogP contribution is 2.38. The maximum absolute atomic E-state index is 13.7. The minimum Gasteiger partial charge on any atom is -0.353 e. The van der Waals surface area contributed by atoms with Gasteiger partial charge in [0, 0.05) is 5.02 Å². The van der Waals surface area contributed by atoms with Gasteiger partial charge in [-0.15, -0.1) is 0 Å². The van der Waals surface area contributed by atoms with E-state index in [0.29, 0.717) is 0 Å². The van der Waals surface area contributed by atoms with Crippen LogP contribution in [0, 0.1) is 17.1 Å². The first-order valence-corrected chi connectivity index (χ1v) is 6.02. The second-order valence-electron chi connectivity index (χ2n) is 4.12. The van der Waals surface area contributed by atoms with Gasteiger partial charge in [0.1, 0.15) is 5.82 Å². The summed E-state index contributed by atoms with van der Waals surface area (Å²) in [5, 5.41) is 10.9. The van der Waals surface area contributed by atoms with Gasteiger partial charge in [0.2, 0.25) is 0 Å². The minimum absolute atomic E-state index is 0.0743. The van der Waals surface area contributed by atoms with Crippen molar-refractivity contribution in [2.45, 2.75) is 6.18 Å². The van der Waals surface area contributed by atoms with Gasteiger partial charge < -0.3 is 5.32 Å². The lowest BCUT2D eigenvalue weighted by molar-refractivity contribution is -0.136. The van der Waals surface area contributed by atoms with Crippen molar-refractivity contribution >= 4 is 23.0 Å². The van der Waals surface area contributed by atoms with Crippen molar-refractivity contribution in [3.63, 3.8) is 0 Å². The fraction of sp³-hybridized carbons (Fsp3) is 0.0714. The lowest BCUT2D eigenvalue weighted by atomic mass is 10.1. The van der Waals surface area contributed by atoms with Crippen LogP contribution >= 0.6 is 11.6 Å². The first kappa shape index (κ1) is 15.1. The summed E-state index contributed by atoms with van der Waals surface area (Å²) in [6.07, 6.45) is -4.63. The maximum Gasteiger partial charge on any atom is 0.418 e. The molecule has 0 aliphatic carbocycles. The molecule has 0 bridgehead atoms. The van der Waals surface area contributed by atoms with E-state index in [1.807, 2.05) is 0 Å². The number of hydrogen-bond donors (Lipinski definition) is 1. The molecule has 0 saturated heterocycles. The Kier molecular flexibility index (Phi) is 4.05. The zero-order valence-corrected chi connectivity index (χ0v) is 11.1. The Bertz CT molecular complexity index is 720. The van der Waals surface area contributed by atoms with Gasteiger partial charge in [-0.1, -0.05) is 11.6 Å². The third-order valence-corrected chi connectivity index (χ3v) is 2.89. The van der Waals surface area contributed by atoms with Crippen molar-refractivity contribution in [2.75, 3.05) is 5.32 Å². The summed E-state index contributed by atoms with van der Waals surface area (Å²) in [6.45, 7) is 0. The molecule has 0 saturated carbocycles. The Labute approximate surface area is 122 Å². The van der Waals surface area contributed by atoms with Crippen LogP contribution in [-0.4, -0.2) is 0 Å². The zero-order valence-electron chi connectivity index (χ0n) is 10.3. The van der Waals surface area contributed by atoms with Crippen molar-refractivity contribution in [2.24, 2.45) is 0 Å². The Morgan fingerprint density at radius 1 is 1.05 bits per heavy atom. The average molecular weight is 315 g/mol. The molecular weight excluding hydrogens is 308 g/mol. The lowest BCUT2D eigenvalue weighted by Gasteiger charge is -2.15. The molecule has 7 heteroatoms. The van der Waals surface area contributed by atoms with E-state index in [2.05, 4.69) is 5.32 Å². The molecule has 2 aromatic rings. The molecule has 2 rings (SSSR count). The normalized spacial score (nSPS) is 11.0. The van der Waals surface area contributed by atoms with E-state index < -0.39 is 17.6 Å². The second-order valence-corrected chi connectivity index (χ2v) is 4.56. The highest BCUT2D eigenvalue weighted by atomic mass is 35.5. The van der Waals surface area contributed by atoms with Crippen molar-refractivity contribution < 1.29 is 17.6 Å². The third kappa shape index (κ3) is 3.44. The topological polar surface area (TPSA) is 35.8 Å². The quantitative estimate of drug-likeness (QED) is 0.782. The summed E-state index contributed by atoms with van der Waals surface area (Å²) in [6, 6.07) is 8.30.